The van der Waals surface area contributed by atoms with E-state index in [9.17, 15) is 0 Å². The van der Waals surface area contributed by atoms with Crippen LogP contribution in [0, 0.1) is 0 Å². The van der Waals surface area contributed by atoms with E-state index in [-0.39, 0.29) is 51.1 Å². The summed E-state index contributed by atoms with van der Waals surface area (Å²) in [6.07, 6.45) is 0. The molecule has 2 aromatic rings. The molecule has 0 amide bonds. The van der Waals surface area contributed by atoms with Gasteiger partial charge in [-0.1, -0.05) is 69.6 Å². The van der Waals surface area contributed by atoms with Gasteiger partial charge in [-0.3, -0.25) is 0 Å². The van der Waals surface area contributed by atoms with Crippen molar-refractivity contribution in [3.63, 3.8) is 0 Å². The van der Waals surface area contributed by atoms with E-state index in [0.29, 0.717) is 10.0 Å². The zero-order valence-corrected chi connectivity index (χ0v) is 17.7. The number of benzene rings is 2. The average Bonchev–Trinajstić information content (AvgIpc) is 2.43. The van der Waals surface area contributed by atoms with E-state index in [2.05, 4.69) is 0 Å². The normalized spacial score (nSPS) is 9.43. The molecule has 0 atom stereocenters. The summed E-state index contributed by atoms with van der Waals surface area (Å²) < 4.78 is 0. The van der Waals surface area contributed by atoms with Crippen LogP contribution in [0.25, 0.3) is 0 Å². The van der Waals surface area contributed by atoms with Crippen LogP contribution in [-0.2, 0) is 19.5 Å². The van der Waals surface area contributed by atoms with Gasteiger partial charge in [-0.25, -0.2) is 0 Å². The van der Waals surface area contributed by atoms with Crippen LogP contribution in [-0.4, -0.2) is 10.2 Å². The van der Waals surface area contributed by atoms with Crippen LogP contribution in [0.3, 0.4) is 0 Å². The van der Waals surface area contributed by atoms with Crippen molar-refractivity contribution in [1.82, 2.24) is 0 Å². The zero-order chi connectivity index (χ0) is 15.4. The summed E-state index contributed by atoms with van der Waals surface area (Å²) in [5.74, 6) is -0.118. The number of phenols is 2. The fourth-order valence-corrected chi connectivity index (χ4v) is 2.09. The molecular formula is C12H6Cl6O2Zn. The summed E-state index contributed by atoms with van der Waals surface area (Å²) in [7, 11) is 0. The summed E-state index contributed by atoms with van der Waals surface area (Å²) in [4.78, 5) is 0. The first kappa shape index (κ1) is 21.4. The van der Waals surface area contributed by atoms with Crippen LogP contribution in [0.1, 0.15) is 0 Å². The van der Waals surface area contributed by atoms with Gasteiger partial charge in [-0.05, 0) is 24.3 Å². The molecule has 0 aliphatic carbocycles. The first-order chi connectivity index (χ1) is 9.25. The fraction of sp³-hybridized carbons (Fsp3) is 0. The Morgan fingerprint density at radius 2 is 0.810 bits per heavy atom. The Bertz CT molecular complexity index is 526. The minimum absolute atomic E-state index is 0. The molecule has 9 heteroatoms. The summed E-state index contributed by atoms with van der Waals surface area (Å²) >= 11 is 33.3. The van der Waals surface area contributed by atoms with Gasteiger partial charge in [0.2, 0.25) is 0 Å². The molecule has 0 heterocycles. The van der Waals surface area contributed by atoms with E-state index in [1.165, 1.54) is 24.3 Å². The average molecular weight is 460 g/mol. The van der Waals surface area contributed by atoms with Crippen molar-refractivity contribution in [2.24, 2.45) is 0 Å². The second kappa shape index (κ2) is 9.52. The minimum atomic E-state index is -0.0592. The van der Waals surface area contributed by atoms with Gasteiger partial charge in [0.15, 0.2) is 0 Å². The predicted octanol–water partition coefficient (Wildman–Crippen LogP) is 6.70. The molecule has 0 unspecified atom stereocenters. The maximum absolute atomic E-state index is 8.95. The summed E-state index contributed by atoms with van der Waals surface area (Å²) in [5, 5.41) is 19.1. The molecule has 2 aromatic carbocycles. The number of aromatic hydroxyl groups is 2. The van der Waals surface area contributed by atoms with Crippen LogP contribution in [0.5, 0.6) is 11.5 Å². The molecule has 110 valence electrons. The van der Waals surface area contributed by atoms with Crippen molar-refractivity contribution in [2.45, 2.75) is 0 Å². The van der Waals surface area contributed by atoms with E-state index in [1.54, 1.807) is 0 Å². The fourth-order valence-electron chi connectivity index (χ4n) is 1.03. The Hall–Kier alpha value is 0.403. The van der Waals surface area contributed by atoms with E-state index >= 15 is 0 Å². The number of hydrogen-bond acceptors (Lipinski definition) is 2. The molecule has 0 fully saturated rings. The molecule has 0 aromatic heterocycles. The molecule has 2 rings (SSSR count). The van der Waals surface area contributed by atoms with Crippen LogP contribution >= 0.6 is 69.6 Å². The van der Waals surface area contributed by atoms with Crippen LogP contribution in [0.15, 0.2) is 24.3 Å². The molecule has 0 aliphatic heterocycles. The molecule has 21 heavy (non-hydrogen) atoms. The van der Waals surface area contributed by atoms with E-state index in [4.69, 9.17) is 79.8 Å². The SMILES string of the molecule is Oc1ccc(Cl)c(Cl)c1Cl.Oc1ccc(Cl)c(Cl)c1Cl.[Zn]. The first-order valence-electron chi connectivity index (χ1n) is 4.90. The Morgan fingerprint density at radius 1 is 0.524 bits per heavy atom. The summed E-state index contributed by atoms with van der Waals surface area (Å²) in [6, 6.07) is 5.73. The third-order valence-corrected chi connectivity index (χ3v) is 4.60. The Morgan fingerprint density at radius 3 is 1.05 bits per heavy atom. The van der Waals surface area contributed by atoms with Crippen molar-refractivity contribution in [1.29, 1.82) is 0 Å². The van der Waals surface area contributed by atoms with Gasteiger partial charge in [-0.2, -0.15) is 0 Å². The van der Waals surface area contributed by atoms with Crippen LogP contribution < -0.4 is 0 Å². The third kappa shape index (κ3) is 5.84. The van der Waals surface area contributed by atoms with Crippen LogP contribution in [0.4, 0.5) is 0 Å². The van der Waals surface area contributed by atoms with E-state index in [1.807, 2.05) is 0 Å². The smallest absolute Gasteiger partial charge is 0.135 e. The van der Waals surface area contributed by atoms with E-state index in [0.717, 1.165) is 0 Å². The maximum atomic E-state index is 8.95. The van der Waals surface area contributed by atoms with E-state index < -0.39 is 0 Å². The molecule has 0 spiro atoms. The Labute approximate surface area is 164 Å². The molecule has 0 bridgehead atoms. The molecule has 2 nitrogen and oxygen atoms in total. The first-order valence-corrected chi connectivity index (χ1v) is 7.17. The summed E-state index contributed by atoms with van der Waals surface area (Å²) in [6.45, 7) is 0. The van der Waals surface area contributed by atoms with Crippen LogP contribution in [0.2, 0.25) is 30.1 Å². The Balaban J connectivity index is 0.000000364. The van der Waals surface area contributed by atoms with Gasteiger partial charge in [0.1, 0.15) is 21.5 Å². The number of hydrogen-bond donors (Lipinski definition) is 2. The zero-order valence-electron chi connectivity index (χ0n) is 10.2. The monoisotopic (exact) mass is 456 g/mol. The second-order valence-electron chi connectivity index (χ2n) is 3.39. The molecule has 0 saturated carbocycles. The quantitative estimate of drug-likeness (QED) is 0.339. The standard InChI is InChI=1S/2C6H3Cl3O.Zn/c2*7-3-1-2-4(10)6(9)5(3)8;/h2*1-2,10H;. The topological polar surface area (TPSA) is 40.5 Å². The van der Waals surface area contributed by atoms with Gasteiger partial charge >= 0.3 is 0 Å². The molecule has 0 aliphatic rings. The second-order valence-corrected chi connectivity index (χ2v) is 5.72. The van der Waals surface area contributed by atoms with Gasteiger partial charge in [0, 0.05) is 19.5 Å². The Kier molecular flexibility index (Phi) is 9.70. The predicted molar refractivity (Wildman–Crippen MR) is 86.3 cm³/mol. The maximum Gasteiger partial charge on any atom is 0.135 e. The van der Waals surface area contributed by atoms with Gasteiger partial charge in [0.25, 0.3) is 0 Å². The van der Waals surface area contributed by atoms with Gasteiger partial charge in [-0.15, -0.1) is 0 Å². The number of phenolic OH excluding ortho intramolecular Hbond substituents is 2. The molecule has 0 saturated heterocycles. The van der Waals surface area contributed by atoms with Crippen molar-refractivity contribution in [3.8, 4) is 11.5 Å². The van der Waals surface area contributed by atoms with Gasteiger partial charge < -0.3 is 10.2 Å². The van der Waals surface area contributed by atoms with Crippen molar-refractivity contribution < 1.29 is 29.7 Å². The number of rotatable bonds is 0. The van der Waals surface area contributed by atoms with Gasteiger partial charge in [0.05, 0.1) is 20.1 Å². The van der Waals surface area contributed by atoms with Crippen molar-refractivity contribution >= 4 is 69.6 Å². The largest absolute Gasteiger partial charge is 0.506 e. The van der Waals surface area contributed by atoms with Crippen molar-refractivity contribution in [3.05, 3.63) is 54.4 Å². The minimum Gasteiger partial charge on any atom is -0.506 e. The van der Waals surface area contributed by atoms with Crippen molar-refractivity contribution in [2.75, 3.05) is 0 Å². The number of halogens is 6. The molecular weight excluding hydrogens is 454 g/mol. The molecule has 0 radical (unpaired) electrons. The molecule has 2 N–H and O–H groups in total. The third-order valence-electron chi connectivity index (χ3n) is 2.03. The summed E-state index contributed by atoms with van der Waals surface area (Å²) in [5.41, 5.74) is 0.